The molecular formula is C37H53N7O7. The number of aromatic nitrogens is 2. The molecule has 0 radical (unpaired) electrons. The highest BCUT2D eigenvalue weighted by Crippen LogP contribution is 2.24. The van der Waals surface area contributed by atoms with Crippen LogP contribution in [0.5, 0.6) is 5.88 Å². The lowest BCUT2D eigenvalue weighted by Crippen LogP contribution is -2.53. The maximum atomic E-state index is 13.7. The van der Waals surface area contributed by atoms with Crippen molar-refractivity contribution in [2.75, 3.05) is 32.8 Å². The smallest absolute Gasteiger partial charge is 0.407 e. The number of hydrogen-bond acceptors (Lipinski definition) is 8. The lowest BCUT2D eigenvalue weighted by Gasteiger charge is -2.34. The van der Waals surface area contributed by atoms with Crippen LogP contribution >= 0.6 is 0 Å². The number of carbonyl (C=O) groups excluding carboxylic acids is 5. The number of nitrogens with zero attached hydrogens (tertiary/aromatic N) is 4. The first-order valence-electron chi connectivity index (χ1n) is 18.5. The summed E-state index contributed by atoms with van der Waals surface area (Å²) in [6, 6.07) is 9.38. The number of amides is 5. The summed E-state index contributed by atoms with van der Waals surface area (Å²) in [5, 5.41) is 13.4. The Bertz CT molecular complexity index is 1500. The molecule has 2 aromatic rings. The minimum atomic E-state index is -0.785. The SMILES string of the molecule is CCCCOC(=O)NC1CCN(C(=O)[C@H](CC(C)C)NC(=O)c2cc(OCC(=O)N3CCC[C@H]3C(=O)NC3CCC3)n(-c3ccccc3)n2)CC1. The minimum absolute atomic E-state index is 0.0336. The summed E-state index contributed by atoms with van der Waals surface area (Å²) in [6.45, 7) is 7.41. The molecule has 2 atom stereocenters. The van der Waals surface area contributed by atoms with Gasteiger partial charge in [-0.05, 0) is 75.8 Å². The molecule has 1 aromatic carbocycles. The van der Waals surface area contributed by atoms with Gasteiger partial charge >= 0.3 is 6.09 Å². The summed E-state index contributed by atoms with van der Waals surface area (Å²) in [5.74, 6) is -0.862. The molecule has 51 heavy (non-hydrogen) atoms. The first-order chi connectivity index (χ1) is 24.6. The third kappa shape index (κ3) is 10.2. The number of carbonyl (C=O) groups is 5. The van der Waals surface area contributed by atoms with Crippen LogP contribution in [0, 0.1) is 5.92 Å². The Balaban J connectivity index is 1.22. The van der Waals surface area contributed by atoms with Crippen LogP contribution in [-0.4, -0.2) is 106 Å². The summed E-state index contributed by atoms with van der Waals surface area (Å²) in [4.78, 5) is 69.1. The van der Waals surface area contributed by atoms with Gasteiger partial charge in [0.05, 0.1) is 12.3 Å². The fraction of sp³-hybridized carbons (Fsp3) is 0.622. The van der Waals surface area contributed by atoms with Crippen molar-refractivity contribution in [1.29, 1.82) is 0 Å². The van der Waals surface area contributed by atoms with Gasteiger partial charge in [0.25, 0.3) is 11.8 Å². The zero-order valence-corrected chi connectivity index (χ0v) is 30.1. The minimum Gasteiger partial charge on any atom is -0.467 e. The molecule has 14 heteroatoms. The molecule has 0 bridgehead atoms. The average Bonchev–Trinajstić information content (AvgIpc) is 3.77. The number of rotatable bonds is 15. The maximum Gasteiger partial charge on any atom is 0.407 e. The molecule has 1 aromatic heterocycles. The number of unbranched alkanes of at least 4 members (excludes halogenated alkanes) is 1. The van der Waals surface area contributed by atoms with Crippen LogP contribution in [0.4, 0.5) is 4.79 Å². The number of likely N-dealkylation sites (tertiary alicyclic amines) is 2. The van der Waals surface area contributed by atoms with Gasteiger partial charge in [0.15, 0.2) is 12.3 Å². The predicted molar refractivity (Wildman–Crippen MR) is 189 cm³/mol. The van der Waals surface area contributed by atoms with Crippen LogP contribution in [0.25, 0.3) is 5.69 Å². The second kappa shape index (κ2) is 18.0. The first kappa shape index (κ1) is 37.6. The number of para-hydroxylation sites is 1. The van der Waals surface area contributed by atoms with Gasteiger partial charge in [-0.3, -0.25) is 19.2 Å². The van der Waals surface area contributed by atoms with E-state index in [-0.39, 0.29) is 53.9 Å². The lowest BCUT2D eigenvalue weighted by molar-refractivity contribution is -0.140. The molecule has 1 aliphatic carbocycles. The zero-order chi connectivity index (χ0) is 36.3. The maximum absolute atomic E-state index is 13.7. The van der Waals surface area contributed by atoms with E-state index in [0.29, 0.717) is 57.6 Å². The highest BCUT2D eigenvalue weighted by atomic mass is 16.5. The van der Waals surface area contributed by atoms with Crippen LogP contribution in [0.2, 0.25) is 0 Å². The summed E-state index contributed by atoms with van der Waals surface area (Å²) in [5.41, 5.74) is 0.657. The molecular weight excluding hydrogens is 654 g/mol. The fourth-order valence-electron chi connectivity index (χ4n) is 6.65. The Kier molecular flexibility index (Phi) is 13.3. The van der Waals surface area contributed by atoms with Crippen LogP contribution in [-0.2, 0) is 19.1 Å². The molecule has 1 saturated carbocycles. The molecule has 5 rings (SSSR count). The fourth-order valence-corrected chi connectivity index (χ4v) is 6.65. The van der Waals surface area contributed by atoms with Crippen LogP contribution in [0.1, 0.15) is 95.5 Å². The molecule has 2 aliphatic heterocycles. The summed E-state index contributed by atoms with van der Waals surface area (Å²) >= 11 is 0. The van der Waals surface area contributed by atoms with E-state index in [1.165, 1.54) is 10.7 Å². The number of nitrogens with one attached hydrogen (secondary N) is 3. The Morgan fingerprint density at radius 1 is 0.922 bits per heavy atom. The topological polar surface area (TPSA) is 164 Å². The molecule has 5 amide bonds. The molecule has 2 saturated heterocycles. The van der Waals surface area contributed by atoms with E-state index < -0.39 is 24.1 Å². The van der Waals surface area contributed by atoms with Crippen molar-refractivity contribution in [3.63, 3.8) is 0 Å². The number of hydrogen-bond donors (Lipinski definition) is 3. The molecule has 3 N–H and O–H groups in total. The Morgan fingerprint density at radius 2 is 1.65 bits per heavy atom. The highest BCUT2D eigenvalue weighted by Gasteiger charge is 2.36. The van der Waals surface area contributed by atoms with Crippen molar-refractivity contribution in [3.05, 3.63) is 42.1 Å². The summed E-state index contributed by atoms with van der Waals surface area (Å²) < 4.78 is 12.7. The predicted octanol–water partition coefficient (Wildman–Crippen LogP) is 3.57. The largest absolute Gasteiger partial charge is 0.467 e. The van der Waals surface area contributed by atoms with Gasteiger partial charge in [0, 0.05) is 37.8 Å². The lowest BCUT2D eigenvalue weighted by atomic mass is 9.93. The quantitative estimate of drug-likeness (QED) is 0.237. The normalized spacial score (nSPS) is 18.5. The molecule has 0 unspecified atom stereocenters. The van der Waals surface area contributed by atoms with Crippen molar-refractivity contribution in [1.82, 2.24) is 35.5 Å². The van der Waals surface area contributed by atoms with Crippen LogP contribution in [0.15, 0.2) is 36.4 Å². The highest BCUT2D eigenvalue weighted by molar-refractivity contribution is 5.96. The number of alkyl carbamates (subject to hydrolysis) is 1. The average molecular weight is 708 g/mol. The van der Waals surface area contributed by atoms with Crippen LogP contribution in [0.3, 0.4) is 0 Å². The van der Waals surface area contributed by atoms with Crippen molar-refractivity contribution in [2.45, 2.75) is 109 Å². The molecule has 278 valence electrons. The summed E-state index contributed by atoms with van der Waals surface area (Å²) in [6.07, 6.45) is 7.29. The number of benzene rings is 1. The van der Waals surface area contributed by atoms with E-state index in [2.05, 4.69) is 21.0 Å². The van der Waals surface area contributed by atoms with Crippen LogP contribution < -0.4 is 20.7 Å². The van der Waals surface area contributed by atoms with Gasteiger partial charge in [0.2, 0.25) is 17.7 Å². The first-order valence-corrected chi connectivity index (χ1v) is 18.5. The number of piperidine rings is 1. The van der Waals surface area contributed by atoms with Crippen molar-refractivity contribution in [3.8, 4) is 11.6 Å². The van der Waals surface area contributed by atoms with E-state index in [9.17, 15) is 24.0 Å². The second-order valence-electron chi connectivity index (χ2n) is 14.2. The van der Waals surface area contributed by atoms with Gasteiger partial charge in [-0.1, -0.05) is 45.4 Å². The number of ether oxygens (including phenoxy) is 2. The second-order valence-corrected chi connectivity index (χ2v) is 14.2. The third-order valence-electron chi connectivity index (χ3n) is 9.75. The van der Waals surface area contributed by atoms with Gasteiger partial charge in [0.1, 0.15) is 12.1 Å². The summed E-state index contributed by atoms with van der Waals surface area (Å²) in [7, 11) is 0. The molecule has 0 spiro atoms. The Labute approximate surface area is 300 Å². The van der Waals surface area contributed by atoms with Gasteiger partial charge < -0.3 is 35.2 Å². The Hall–Kier alpha value is -4.62. The molecule has 3 heterocycles. The van der Waals surface area contributed by atoms with Crippen molar-refractivity contribution < 1.29 is 33.4 Å². The third-order valence-corrected chi connectivity index (χ3v) is 9.75. The Morgan fingerprint density at radius 3 is 2.31 bits per heavy atom. The molecule has 3 aliphatic rings. The standard InChI is InChI=1S/C37H53N7O7/c1-4-5-21-50-37(49)39-27-16-19-42(20-17-27)36(48)30(22-25(2)3)40-34(46)29-23-33(44(41-29)28-13-7-6-8-14-28)51-24-32(45)43-18-10-15-31(43)35(47)38-26-11-9-12-26/h6-8,13-14,23,25-27,30-31H,4-5,9-12,15-22,24H2,1-3H3,(H,38,47)(H,39,49)(H,40,46)/t30-,31-/m0/s1. The van der Waals surface area contributed by atoms with Gasteiger partial charge in [-0.2, -0.15) is 5.10 Å². The molecule has 14 nitrogen and oxygen atoms in total. The van der Waals surface area contributed by atoms with Crippen molar-refractivity contribution in [2.24, 2.45) is 5.92 Å². The van der Waals surface area contributed by atoms with Gasteiger partial charge in [-0.25, -0.2) is 9.48 Å². The van der Waals surface area contributed by atoms with E-state index in [4.69, 9.17) is 9.47 Å². The molecule has 3 fully saturated rings. The van der Waals surface area contributed by atoms with E-state index >= 15 is 0 Å². The van der Waals surface area contributed by atoms with E-state index in [0.717, 1.165) is 38.5 Å². The van der Waals surface area contributed by atoms with Crippen molar-refractivity contribution >= 4 is 29.7 Å². The van der Waals surface area contributed by atoms with E-state index in [1.54, 1.807) is 21.9 Å². The van der Waals surface area contributed by atoms with Gasteiger partial charge in [-0.15, -0.1) is 0 Å². The monoisotopic (exact) mass is 707 g/mol. The zero-order valence-electron chi connectivity index (χ0n) is 30.1. The van der Waals surface area contributed by atoms with E-state index in [1.807, 2.05) is 39.0 Å².